The molecular formula is C13H16BrNO2. The summed E-state index contributed by atoms with van der Waals surface area (Å²) in [5, 5.41) is 9.26. The molecule has 2 rings (SSSR count). The number of carboxylic acids is 1. The largest absolute Gasteiger partial charge is 0.481 e. The van der Waals surface area contributed by atoms with Crippen LogP contribution in [0.5, 0.6) is 0 Å². The Bertz CT molecular complexity index is 427. The van der Waals surface area contributed by atoms with Crippen LogP contribution in [0.15, 0.2) is 22.7 Å². The fraction of sp³-hybridized carbons (Fsp3) is 0.462. The van der Waals surface area contributed by atoms with Gasteiger partial charge in [-0.1, -0.05) is 22.0 Å². The number of rotatable bonds is 2. The maximum Gasteiger partial charge on any atom is 0.308 e. The van der Waals surface area contributed by atoms with E-state index in [9.17, 15) is 9.90 Å². The number of likely N-dealkylation sites (N-methyl/N-ethyl adjacent to an activating group) is 1. The van der Waals surface area contributed by atoms with E-state index in [-0.39, 0.29) is 11.8 Å². The summed E-state index contributed by atoms with van der Waals surface area (Å²) in [6.45, 7) is 3.47. The molecule has 2 unspecified atom stereocenters. The second-order valence-electron chi connectivity index (χ2n) is 4.83. The van der Waals surface area contributed by atoms with Crippen molar-refractivity contribution in [2.24, 2.45) is 5.92 Å². The van der Waals surface area contributed by atoms with Gasteiger partial charge in [0, 0.05) is 23.5 Å². The molecule has 1 fully saturated rings. The summed E-state index contributed by atoms with van der Waals surface area (Å²) in [4.78, 5) is 13.3. The van der Waals surface area contributed by atoms with Crippen molar-refractivity contribution in [3.05, 3.63) is 33.8 Å². The predicted molar refractivity (Wildman–Crippen MR) is 70.2 cm³/mol. The summed E-state index contributed by atoms with van der Waals surface area (Å²) >= 11 is 3.47. The molecule has 0 spiro atoms. The van der Waals surface area contributed by atoms with E-state index in [1.54, 1.807) is 0 Å². The van der Waals surface area contributed by atoms with Gasteiger partial charge in [0.05, 0.1) is 5.92 Å². The molecule has 3 nitrogen and oxygen atoms in total. The number of aryl methyl sites for hydroxylation is 1. The molecule has 0 saturated carbocycles. The van der Waals surface area contributed by atoms with E-state index in [4.69, 9.17) is 0 Å². The SMILES string of the molecule is Cc1cc(Br)cc(C2CN(C)CC2C(=O)O)c1. The molecule has 1 N–H and O–H groups in total. The Morgan fingerprint density at radius 1 is 1.41 bits per heavy atom. The first-order chi connectivity index (χ1) is 7.97. The zero-order valence-electron chi connectivity index (χ0n) is 9.98. The van der Waals surface area contributed by atoms with Crippen LogP contribution in [-0.2, 0) is 4.79 Å². The number of nitrogens with zero attached hydrogens (tertiary/aromatic N) is 1. The normalized spacial score (nSPS) is 25.1. The summed E-state index contributed by atoms with van der Waals surface area (Å²) < 4.78 is 1.02. The molecule has 1 heterocycles. The highest BCUT2D eigenvalue weighted by molar-refractivity contribution is 9.10. The molecule has 0 aromatic heterocycles. The lowest BCUT2D eigenvalue weighted by atomic mass is 9.88. The smallest absolute Gasteiger partial charge is 0.308 e. The minimum Gasteiger partial charge on any atom is -0.481 e. The van der Waals surface area contributed by atoms with Gasteiger partial charge in [0.25, 0.3) is 0 Å². The lowest BCUT2D eigenvalue weighted by Gasteiger charge is -2.16. The van der Waals surface area contributed by atoms with Gasteiger partial charge in [-0.3, -0.25) is 4.79 Å². The van der Waals surface area contributed by atoms with Gasteiger partial charge in [-0.2, -0.15) is 0 Å². The maximum atomic E-state index is 11.3. The molecule has 0 bridgehead atoms. The lowest BCUT2D eigenvalue weighted by Crippen LogP contribution is -2.21. The lowest BCUT2D eigenvalue weighted by molar-refractivity contribution is -0.141. The molecule has 1 saturated heterocycles. The number of aliphatic carboxylic acids is 1. The Labute approximate surface area is 110 Å². The Hall–Kier alpha value is -0.870. The van der Waals surface area contributed by atoms with Gasteiger partial charge >= 0.3 is 5.97 Å². The Balaban J connectivity index is 2.34. The van der Waals surface area contributed by atoms with Crippen molar-refractivity contribution >= 4 is 21.9 Å². The summed E-state index contributed by atoms with van der Waals surface area (Å²) in [5.74, 6) is -0.903. The third kappa shape index (κ3) is 2.69. The second kappa shape index (κ2) is 4.78. The van der Waals surface area contributed by atoms with Crippen LogP contribution in [-0.4, -0.2) is 36.1 Å². The standard InChI is InChI=1S/C13H16BrNO2/c1-8-3-9(5-10(14)4-8)11-6-15(2)7-12(11)13(16)17/h3-5,11-12H,6-7H2,1-2H3,(H,16,17). The van der Waals surface area contributed by atoms with Crippen molar-refractivity contribution in [1.82, 2.24) is 4.90 Å². The second-order valence-corrected chi connectivity index (χ2v) is 5.75. The molecule has 1 aliphatic heterocycles. The molecule has 0 aliphatic carbocycles. The first-order valence-electron chi connectivity index (χ1n) is 5.66. The molecule has 17 heavy (non-hydrogen) atoms. The summed E-state index contributed by atoms with van der Waals surface area (Å²) in [6, 6.07) is 6.16. The van der Waals surface area contributed by atoms with Gasteiger partial charge in [0.2, 0.25) is 0 Å². The summed E-state index contributed by atoms with van der Waals surface area (Å²) in [6.07, 6.45) is 0. The van der Waals surface area contributed by atoms with Crippen molar-refractivity contribution in [3.63, 3.8) is 0 Å². The number of hydrogen-bond donors (Lipinski definition) is 1. The first kappa shape index (κ1) is 12.6. The quantitative estimate of drug-likeness (QED) is 0.912. The van der Waals surface area contributed by atoms with Crippen LogP contribution in [0.4, 0.5) is 0 Å². The molecule has 4 heteroatoms. The predicted octanol–water partition coefficient (Wildman–Crippen LogP) is 2.49. The molecule has 1 aromatic rings. The van der Waals surface area contributed by atoms with Crippen LogP contribution >= 0.6 is 15.9 Å². The third-order valence-corrected chi connectivity index (χ3v) is 3.77. The van der Waals surface area contributed by atoms with E-state index in [0.717, 1.165) is 22.1 Å². The van der Waals surface area contributed by atoms with Crippen molar-refractivity contribution in [1.29, 1.82) is 0 Å². The van der Waals surface area contributed by atoms with Gasteiger partial charge < -0.3 is 10.0 Å². The number of hydrogen-bond acceptors (Lipinski definition) is 2. The molecule has 1 aromatic carbocycles. The molecular weight excluding hydrogens is 282 g/mol. The van der Waals surface area contributed by atoms with Crippen molar-refractivity contribution in [2.45, 2.75) is 12.8 Å². The zero-order chi connectivity index (χ0) is 12.6. The average molecular weight is 298 g/mol. The molecule has 1 aliphatic rings. The van der Waals surface area contributed by atoms with Crippen molar-refractivity contribution < 1.29 is 9.90 Å². The summed E-state index contributed by atoms with van der Waals surface area (Å²) in [7, 11) is 1.97. The van der Waals surface area contributed by atoms with Gasteiger partial charge in [-0.25, -0.2) is 0 Å². The monoisotopic (exact) mass is 297 g/mol. The Morgan fingerprint density at radius 2 is 2.12 bits per heavy atom. The molecule has 92 valence electrons. The molecule has 2 atom stereocenters. The van der Waals surface area contributed by atoms with Crippen LogP contribution in [0.1, 0.15) is 17.0 Å². The molecule has 0 amide bonds. The van der Waals surface area contributed by atoms with Crippen LogP contribution in [0.3, 0.4) is 0 Å². The first-order valence-corrected chi connectivity index (χ1v) is 6.45. The zero-order valence-corrected chi connectivity index (χ0v) is 11.6. The van der Waals surface area contributed by atoms with E-state index in [2.05, 4.69) is 26.9 Å². The minimum atomic E-state index is -0.697. The van der Waals surface area contributed by atoms with E-state index >= 15 is 0 Å². The summed E-state index contributed by atoms with van der Waals surface area (Å²) in [5.41, 5.74) is 2.28. The highest BCUT2D eigenvalue weighted by Crippen LogP contribution is 2.33. The number of benzene rings is 1. The van der Waals surface area contributed by atoms with Crippen LogP contribution in [0.25, 0.3) is 0 Å². The maximum absolute atomic E-state index is 11.3. The van der Waals surface area contributed by atoms with Crippen LogP contribution in [0.2, 0.25) is 0 Å². The highest BCUT2D eigenvalue weighted by Gasteiger charge is 2.37. The van der Waals surface area contributed by atoms with Gasteiger partial charge in [0.1, 0.15) is 0 Å². The minimum absolute atomic E-state index is 0.0914. The molecule has 0 radical (unpaired) electrons. The van der Waals surface area contributed by atoms with Gasteiger partial charge in [0.15, 0.2) is 0 Å². The average Bonchev–Trinajstić information content (AvgIpc) is 2.59. The van der Waals surface area contributed by atoms with Crippen LogP contribution < -0.4 is 0 Å². The number of carboxylic acid groups (broad SMARTS) is 1. The third-order valence-electron chi connectivity index (χ3n) is 3.31. The Kier molecular flexibility index (Phi) is 3.54. The van der Waals surface area contributed by atoms with Crippen molar-refractivity contribution in [3.8, 4) is 0 Å². The Morgan fingerprint density at radius 3 is 2.71 bits per heavy atom. The van der Waals surface area contributed by atoms with E-state index < -0.39 is 5.97 Å². The number of halogens is 1. The van der Waals surface area contributed by atoms with Gasteiger partial charge in [-0.15, -0.1) is 0 Å². The highest BCUT2D eigenvalue weighted by atomic mass is 79.9. The fourth-order valence-electron chi connectivity index (χ4n) is 2.57. The van der Waals surface area contributed by atoms with Gasteiger partial charge in [-0.05, 0) is 37.2 Å². The number of carbonyl (C=O) groups is 1. The number of likely N-dealkylation sites (tertiary alicyclic amines) is 1. The van der Waals surface area contributed by atoms with E-state index in [1.807, 2.05) is 26.1 Å². The van der Waals surface area contributed by atoms with Crippen molar-refractivity contribution in [2.75, 3.05) is 20.1 Å². The van der Waals surface area contributed by atoms with E-state index in [1.165, 1.54) is 0 Å². The van der Waals surface area contributed by atoms with Crippen LogP contribution in [0, 0.1) is 12.8 Å². The fourth-order valence-corrected chi connectivity index (χ4v) is 3.19. The van der Waals surface area contributed by atoms with E-state index in [0.29, 0.717) is 6.54 Å². The topological polar surface area (TPSA) is 40.5 Å².